The van der Waals surface area contributed by atoms with Gasteiger partial charge in [-0.25, -0.2) is 9.97 Å². The molecular weight excluding hydrogens is 186 g/mol. The first-order valence-electron chi connectivity index (χ1n) is 5.00. The Labute approximate surface area is 89.8 Å². The van der Waals surface area contributed by atoms with E-state index in [4.69, 9.17) is 0 Å². The Hall–Kier alpha value is -1.64. The fourth-order valence-electron chi connectivity index (χ4n) is 1.50. The zero-order chi connectivity index (χ0) is 11.0. The van der Waals surface area contributed by atoms with E-state index in [0.29, 0.717) is 0 Å². The molecule has 78 valence electrons. The lowest BCUT2D eigenvalue weighted by Crippen LogP contribution is -2.08. The highest BCUT2D eigenvalue weighted by molar-refractivity contribution is 5.79. The number of fused-ring (bicyclic) bond motifs is 1. The molecule has 0 saturated carbocycles. The fourth-order valence-corrected chi connectivity index (χ4v) is 1.50. The monoisotopic (exact) mass is 201 g/mol. The van der Waals surface area contributed by atoms with Crippen molar-refractivity contribution in [3.63, 3.8) is 0 Å². The van der Waals surface area contributed by atoms with Gasteiger partial charge in [0.05, 0.1) is 22.4 Å². The Morgan fingerprint density at radius 2 is 1.53 bits per heavy atom. The minimum Gasteiger partial charge on any atom is -0.378 e. The summed E-state index contributed by atoms with van der Waals surface area (Å²) in [5.41, 5.74) is 5.08. The normalized spacial score (nSPS) is 10.7. The minimum absolute atomic E-state index is 0.962. The molecule has 0 radical (unpaired) electrons. The second-order valence-corrected chi connectivity index (χ2v) is 3.96. The second kappa shape index (κ2) is 3.50. The third-order valence-electron chi connectivity index (χ3n) is 2.58. The topological polar surface area (TPSA) is 29.0 Å². The minimum atomic E-state index is 0.962. The van der Waals surface area contributed by atoms with Gasteiger partial charge >= 0.3 is 0 Å². The molecular formula is C12H15N3. The Balaban J connectivity index is 2.66. The summed E-state index contributed by atoms with van der Waals surface area (Å²) in [4.78, 5) is 11.1. The summed E-state index contributed by atoms with van der Waals surface area (Å²) < 4.78 is 0. The second-order valence-electron chi connectivity index (χ2n) is 3.96. The van der Waals surface area contributed by atoms with Gasteiger partial charge in [-0.1, -0.05) is 0 Å². The third-order valence-corrected chi connectivity index (χ3v) is 2.58. The number of hydrogen-bond donors (Lipinski definition) is 0. The standard InChI is InChI=1S/C12H15N3/c1-8-9(2)14-12-7-10(15(3)4)5-6-11(12)13-8/h5-7H,1-4H3. The maximum atomic E-state index is 4.53. The average molecular weight is 201 g/mol. The molecule has 0 bridgehead atoms. The predicted molar refractivity (Wildman–Crippen MR) is 63.3 cm³/mol. The van der Waals surface area contributed by atoms with E-state index in [-0.39, 0.29) is 0 Å². The lowest BCUT2D eigenvalue weighted by molar-refractivity contribution is 1.09. The van der Waals surface area contributed by atoms with Crippen molar-refractivity contribution < 1.29 is 0 Å². The van der Waals surface area contributed by atoms with Crippen LogP contribution in [0.25, 0.3) is 11.0 Å². The molecule has 0 unspecified atom stereocenters. The van der Waals surface area contributed by atoms with Crippen molar-refractivity contribution in [2.75, 3.05) is 19.0 Å². The first kappa shape index (κ1) is 9.90. The summed E-state index contributed by atoms with van der Waals surface area (Å²) in [6.07, 6.45) is 0. The van der Waals surface area contributed by atoms with E-state index < -0.39 is 0 Å². The number of rotatable bonds is 1. The highest BCUT2D eigenvalue weighted by Crippen LogP contribution is 2.18. The molecule has 15 heavy (non-hydrogen) atoms. The van der Waals surface area contributed by atoms with Crippen LogP contribution in [0, 0.1) is 13.8 Å². The number of anilines is 1. The van der Waals surface area contributed by atoms with Crippen LogP contribution in [0.15, 0.2) is 18.2 Å². The van der Waals surface area contributed by atoms with Crippen LogP contribution >= 0.6 is 0 Å². The van der Waals surface area contributed by atoms with Crippen LogP contribution in [-0.4, -0.2) is 24.1 Å². The third kappa shape index (κ3) is 1.77. The van der Waals surface area contributed by atoms with E-state index in [1.165, 1.54) is 0 Å². The van der Waals surface area contributed by atoms with Crippen LogP contribution < -0.4 is 4.90 Å². The lowest BCUT2D eigenvalue weighted by Gasteiger charge is -2.12. The highest BCUT2D eigenvalue weighted by Gasteiger charge is 2.03. The Kier molecular flexibility index (Phi) is 2.31. The number of nitrogens with zero attached hydrogens (tertiary/aromatic N) is 3. The molecule has 0 atom stereocenters. The summed E-state index contributed by atoms with van der Waals surface area (Å²) in [7, 11) is 4.05. The van der Waals surface area contributed by atoms with Crippen molar-refractivity contribution in [1.29, 1.82) is 0 Å². The Morgan fingerprint density at radius 3 is 2.13 bits per heavy atom. The van der Waals surface area contributed by atoms with Crippen molar-refractivity contribution in [3.05, 3.63) is 29.6 Å². The van der Waals surface area contributed by atoms with Gasteiger partial charge in [-0.2, -0.15) is 0 Å². The molecule has 0 aliphatic rings. The molecule has 0 aliphatic carbocycles. The van der Waals surface area contributed by atoms with Gasteiger partial charge in [0.1, 0.15) is 0 Å². The van der Waals surface area contributed by atoms with E-state index in [1.54, 1.807) is 0 Å². The largest absolute Gasteiger partial charge is 0.378 e. The maximum absolute atomic E-state index is 4.53. The SMILES string of the molecule is Cc1nc2ccc(N(C)C)cc2nc1C. The number of hydrogen-bond acceptors (Lipinski definition) is 3. The molecule has 0 spiro atoms. The number of aromatic nitrogens is 2. The van der Waals surface area contributed by atoms with Crippen LogP contribution in [0.2, 0.25) is 0 Å². The average Bonchev–Trinajstić information content (AvgIpc) is 2.19. The predicted octanol–water partition coefficient (Wildman–Crippen LogP) is 2.31. The molecule has 3 nitrogen and oxygen atoms in total. The van der Waals surface area contributed by atoms with E-state index in [0.717, 1.165) is 28.1 Å². The van der Waals surface area contributed by atoms with Gasteiger partial charge in [0.15, 0.2) is 0 Å². The summed E-state index contributed by atoms with van der Waals surface area (Å²) in [6, 6.07) is 6.14. The van der Waals surface area contributed by atoms with Crippen molar-refractivity contribution >= 4 is 16.7 Å². The first-order chi connectivity index (χ1) is 7.08. The van der Waals surface area contributed by atoms with Crippen LogP contribution in [0.3, 0.4) is 0 Å². The summed E-state index contributed by atoms with van der Waals surface area (Å²) >= 11 is 0. The molecule has 1 aromatic carbocycles. The van der Waals surface area contributed by atoms with Crippen molar-refractivity contribution in [3.8, 4) is 0 Å². The maximum Gasteiger partial charge on any atom is 0.0910 e. The molecule has 0 fully saturated rings. The molecule has 0 aliphatic heterocycles. The van der Waals surface area contributed by atoms with Crippen molar-refractivity contribution in [1.82, 2.24) is 9.97 Å². The van der Waals surface area contributed by atoms with E-state index in [9.17, 15) is 0 Å². The zero-order valence-electron chi connectivity index (χ0n) is 9.57. The van der Waals surface area contributed by atoms with Crippen LogP contribution in [0.4, 0.5) is 5.69 Å². The fraction of sp³-hybridized carbons (Fsp3) is 0.333. The van der Waals surface area contributed by atoms with Gasteiger partial charge in [-0.15, -0.1) is 0 Å². The van der Waals surface area contributed by atoms with E-state index in [2.05, 4.69) is 27.0 Å². The van der Waals surface area contributed by atoms with Gasteiger partial charge in [0, 0.05) is 19.8 Å². The van der Waals surface area contributed by atoms with E-state index >= 15 is 0 Å². The van der Waals surface area contributed by atoms with E-state index in [1.807, 2.05) is 34.0 Å². The van der Waals surface area contributed by atoms with Crippen LogP contribution in [-0.2, 0) is 0 Å². The molecule has 0 N–H and O–H groups in total. The van der Waals surface area contributed by atoms with Crippen LogP contribution in [0.5, 0.6) is 0 Å². The van der Waals surface area contributed by atoms with Gasteiger partial charge in [0.25, 0.3) is 0 Å². The van der Waals surface area contributed by atoms with Gasteiger partial charge < -0.3 is 4.90 Å². The zero-order valence-corrected chi connectivity index (χ0v) is 9.57. The molecule has 3 heteroatoms. The summed E-state index contributed by atoms with van der Waals surface area (Å²) in [5, 5.41) is 0. The molecule has 1 heterocycles. The lowest BCUT2D eigenvalue weighted by atomic mass is 10.2. The highest BCUT2D eigenvalue weighted by atomic mass is 15.1. The number of benzene rings is 1. The molecule has 2 aromatic rings. The van der Waals surface area contributed by atoms with Gasteiger partial charge in [0.2, 0.25) is 0 Å². The molecule has 0 amide bonds. The molecule has 2 rings (SSSR count). The first-order valence-corrected chi connectivity index (χ1v) is 5.00. The summed E-state index contributed by atoms with van der Waals surface area (Å²) in [5.74, 6) is 0. The van der Waals surface area contributed by atoms with Gasteiger partial charge in [-0.05, 0) is 32.0 Å². The molecule has 1 aromatic heterocycles. The Bertz CT molecular complexity index is 503. The smallest absolute Gasteiger partial charge is 0.0910 e. The quantitative estimate of drug-likeness (QED) is 0.709. The van der Waals surface area contributed by atoms with Crippen LogP contribution in [0.1, 0.15) is 11.4 Å². The summed E-state index contributed by atoms with van der Waals surface area (Å²) in [6.45, 7) is 3.98. The number of aryl methyl sites for hydroxylation is 2. The van der Waals surface area contributed by atoms with Crippen molar-refractivity contribution in [2.24, 2.45) is 0 Å². The van der Waals surface area contributed by atoms with Gasteiger partial charge in [-0.3, -0.25) is 0 Å². The molecule has 0 saturated heterocycles. The van der Waals surface area contributed by atoms with Crippen molar-refractivity contribution in [2.45, 2.75) is 13.8 Å². The Morgan fingerprint density at radius 1 is 0.933 bits per heavy atom.